The summed E-state index contributed by atoms with van der Waals surface area (Å²) in [5.41, 5.74) is 0.997. The van der Waals surface area contributed by atoms with E-state index in [1.807, 2.05) is 0 Å². The van der Waals surface area contributed by atoms with Gasteiger partial charge in [-0.2, -0.15) is 0 Å². The molecule has 0 amide bonds. The van der Waals surface area contributed by atoms with Gasteiger partial charge in [0.05, 0.1) is 18.8 Å². The zero-order valence-electron chi connectivity index (χ0n) is 15.0. The summed E-state index contributed by atoms with van der Waals surface area (Å²) in [6, 6.07) is 0. The highest BCUT2D eigenvalue weighted by Crippen LogP contribution is 2.32. The molecule has 132 valence electrons. The van der Waals surface area contributed by atoms with Crippen LogP contribution in [0.25, 0.3) is 0 Å². The molecule has 0 radical (unpaired) electrons. The van der Waals surface area contributed by atoms with Gasteiger partial charge in [0.15, 0.2) is 0 Å². The van der Waals surface area contributed by atoms with Gasteiger partial charge in [0.2, 0.25) is 0 Å². The van der Waals surface area contributed by atoms with Crippen LogP contribution in [0.2, 0.25) is 0 Å². The van der Waals surface area contributed by atoms with Crippen LogP contribution in [0, 0.1) is 5.92 Å². The normalized spacial score (nSPS) is 16.7. The van der Waals surface area contributed by atoms with Crippen LogP contribution in [-0.4, -0.2) is 25.2 Å². The van der Waals surface area contributed by atoms with E-state index in [0.29, 0.717) is 24.4 Å². The average Bonchev–Trinajstić information content (AvgIpc) is 2.56. The van der Waals surface area contributed by atoms with E-state index in [9.17, 15) is 9.59 Å². The number of esters is 2. The first-order valence-electron chi connectivity index (χ1n) is 9.16. The van der Waals surface area contributed by atoms with Crippen molar-refractivity contribution in [1.29, 1.82) is 0 Å². The monoisotopic (exact) mass is 324 g/mol. The summed E-state index contributed by atoms with van der Waals surface area (Å²) in [6.07, 6.45) is 8.98. The third kappa shape index (κ3) is 6.76. The Labute approximate surface area is 140 Å². The molecule has 0 heterocycles. The van der Waals surface area contributed by atoms with Crippen molar-refractivity contribution in [3.05, 3.63) is 11.1 Å². The SMILES string of the molecule is CCCCOC(=O)/C(C)=C(\C(=O)OCCCC)C1CCCCC1. The highest BCUT2D eigenvalue weighted by Gasteiger charge is 2.29. The lowest BCUT2D eigenvalue weighted by atomic mass is 9.82. The number of hydrogen-bond donors (Lipinski definition) is 0. The molecule has 0 atom stereocenters. The number of hydrogen-bond acceptors (Lipinski definition) is 4. The van der Waals surface area contributed by atoms with Crippen LogP contribution >= 0.6 is 0 Å². The zero-order chi connectivity index (χ0) is 17.1. The van der Waals surface area contributed by atoms with E-state index in [-0.39, 0.29) is 17.9 Å². The van der Waals surface area contributed by atoms with Crippen molar-refractivity contribution in [2.24, 2.45) is 5.92 Å². The zero-order valence-corrected chi connectivity index (χ0v) is 15.0. The van der Waals surface area contributed by atoms with E-state index in [1.165, 1.54) is 6.42 Å². The quantitative estimate of drug-likeness (QED) is 0.354. The van der Waals surface area contributed by atoms with E-state index in [1.54, 1.807) is 6.92 Å². The highest BCUT2D eigenvalue weighted by atomic mass is 16.5. The first kappa shape index (κ1) is 19.7. The fraction of sp³-hybridized carbons (Fsp3) is 0.789. The number of rotatable bonds is 9. The predicted octanol–water partition coefficient (Wildman–Crippen LogP) is 4.57. The van der Waals surface area contributed by atoms with E-state index in [0.717, 1.165) is 51.4 Å². The lowest BCUT2D eigenvalue weighted by Crippen LogP contribution is -2.23. The van der Waals surface area contributed by atoms with E-state index >= 15 is 0 Å². The lowest BCUT2D eigenvalue weighted by Gasteiger charge is -2.25. The van der Waals surface area contributed by atoms with Gasteiger partial charge < -0.3 is 9.47 Å². The van der Waals surface area contributed by atoms with Gasteiger partial charge in [-0.3, -0.25) is 0 Å². The Kier molecular flexibility index (Phi) is 9.65. The van der Waals surface area contributed by atoms with Crippen molar-refractivity contribution in [2.75, 3.05) is 13.2 Å². The molecule has 1 fully saturated rings. The minimum absolute atomic E-state index is 0.136. The Balaban J connectivity index is 2.84. The van der Waals surface area contributed by atoms with Crippen molar-refractivity contribution < 1.29 is 19.1 Å². The molecule has 0 bridgehead atoms. The summed E-state index contributed by atoms with van der Waals surface area (Å²) in [4.78, 5) is 24.8. The van der Waals surface area contributed by atoms with Crippen molar-refractivity contribution in [2.45, 2.75) is 78.6 Å². The van der Waals surface area contributed by atoms with Crippen molar-refractivity contribution in [3.8, 4) is 0 Å². The van der Waals surface area contributed by atoms with Crippen LogP contribution < -0.4 is 0 Å². The van der Waals surface area contributed by atoms with Crippen molar-refractivity contribution in [3.63, 3.8) is 0 Å². The maximum atomic E-state index is 12.5. The molecule has 0 saturated heterocycles. The Morgan fingerprint density at radius 3 is 1.91 bits per heavy atom. The van der Waals surface area contributed by atoms with Gasteiger partial charge in [0.25, 0.3) is 0 Å². The molecule has 4 heteroatoms. The Bertz CT molecular complexity index is 406. The summed E-state index contributed by atoms with van der Waals surface area (Å²) < 4.78 is 10.7. The molecule has 0 aliphatic heterocycles. The molecule has 0 aromatic carbocycles. The van der Waals surface area contributed by atoms with E-state index < -0.39 is 0 Å². The van der Waals surface area contributed by atoms with Gasteiger partial charge >= 0.3 is 11.9 Å². The van der Waals surface area contributed by atoms with Crippen LogP contribution in [0.5, 0.6) is 0 Å². The van der Waals surface area contributed by atoms with Gasteiger partial charge in [-0.25, -0.2) is 9.59 Å². The fourth-order valence-electron chi connectivity index (χ4n) is 2.93. The van der Waals surface area contributed by atoms with Gasteiger partial charge in [-0.15, -0.1) is 0 Å². The molecular weight excluding hydrogens is 292 g/mol. The minimum atomic E-state index is -0.369. The molecule has 0 unspecified atom stereocenters. The van der Waals surface area contributed by atoms with Crippen LogP contribution in [-0.2, 0) is 19.1 Å². The van der Waals surface area contributed by atoms with Crippen LogP contribution in [0.4, 0.5) is 0 Å². The fourth-order valence-corrected chi connectivity index (χ4v) is 2.93. The van der Waals surface area contributed by atoms with Gasteiger partial charge in [0, 0.05) is 5.57 Å². The number of unbranched alkanes of at least 4 members (excludes halogenated alkanes) is 2. The molecule has 1 aliphatic carbocycles. The molecule has 1 saturated carbocycles. The third-order valence-electron chi connectivity index (χ3n) is 4.41. The third-order valence-corrected chi connectivity index (χ3v) is 4.41. The minimum Gasteiger partial charge on any atom is -0.462 e. The Hall–Kier alpha value is -1.32. The van der Waals surface area contributed by atoms with Gasteiger partial charge in [-0.1, -0.05) is 46.0 Å². The lowest BCUT2D eigenvalue weighted by molar-refractivity contribution is -0.143. The van der Waals surface area contributed by atoms with Crippen LogP contribution in [0.15, 0.2) is 11.1 Å². The standard InChI is InChI=1S/C19H32O4/c1-4-6-13-22-18(20)15(3)17(16-11-9-8-10-12-16)19(21)23-14-7-5-2/h16H,4-14H2,1-3H3/b17-15-. The number of carbonyl (C=O) groups excluding carboxylic acids is 2. The van der Waals surface area contributed by atoms with Crippen molar-refractivity contribution >= 4 is 11.9 Å². The number of ether oxygens (including phenoxy) is 2. The molecular formula is C19H32O4. The van der Waals surface area contributed by atoms with Gasteiger partial charge in [-0.05, 0) is 38.5 Å². The maximum Gasteiger partial charge on any atom is 0.334 e. The molecule has 1 rings (SSSR count). The molecule has 0 spiro atoms. The second kappa shape index (κ2) is 11.3. The van der Waals surface area contributed by atoms with E-state index in [4.69, 9.17) is 9.47 Å². The molecule has 4 nitrogen and oxygen atoms in total. The molecule has 1 aliphatic rings. The second-order valence-corrected chi connectivity index (χ2v) is 6.35. The average molecular weight is 324 g/mol. The topological polar surface area (TPSA) is 52.6 Å². The first-order chi connectivity index (χ1) is 11.1. The summed E-state index contributed by atoms with van der Waals surface area (Å²) in [5, 5.41) is 0. The predicted molar refractivity (Wildman–Crippen MR) is 91.0 cm³/mol. The molecule has 0 aromatic rings. The molecule has 0 N–H and O–H groups in total. The smallest absolute Gasteiger partial charge is 0.334 e. The Morgan fingerprint density at radius 2 is 1.39 bits per heavy atom. The van der Waals surface area contributed by atoms with E-state index in [2.05, 4.69) is 13.8 Å². The summed E-state index contributed by atoms with van der Waals surface area (Å²) >= 11 is 0. The first-order valence-corrected chi connectivity index (χ1v) is 9.16. The molecule has 0 aromatic heterocycles. The van der Waals surface area contributed by atoms with Crippen molar-refractivity contribution in [1.82, 2.24) is 0 Å². The summed E-state index contributed by atoms with van der Waals surface area (Å²) in [7, 11) is 0. The molecule has 23 heavy (non-hydrogen) atoms. The largest absolute Gasteiger partial charge is 0.462 e. The second-order valence-electron chi connectivity index (χ2n) is 6.35. The number of carbonyl (C=O) groups is 2. The Morgan fingerprint density at radius 1 is 0.870 bits per heavy atom. The maximum absolute atomic E-state index is 12.5. The van der Waals surface area contributed by atoms with Crippen LogP contribution in [0.3, 0.4) is 0 Å². The summed E-state index contributed by atoms with van der Waals surface area (Å²) in [5.74, 6) is -0.557. The highest BCUT2D eigenvalue weighted by molar-refractivity contribution is 6.00. The van der Waals surface area contributed by atoms with Gasteiger partial charge in [0.1, 0.15) is 0 Å². The van der Waals surface area contributed by atoms with Crippen LogP contribution in [0.1, 0.15) is 78.6 Å². The summed E-state index contributed by atoms with van der Waals surface area (Å²) in [6.45, 7) is 6.65.